The van der Waals surface area contributed by atoms with Crippen molar-refractivity contribution in [3.63, 3.8) is 0 Å². The maximum atomic E-state index is 9.04. The van der Waals surface area contributed by atoms with Crippen LogP contribution in [-0.4, -0.2) is 40.2 Å². The third kappa shape index (κ3) is 3.12. The van der Waals surface area contributed by atoms with Gasteiger partial charge in [-0.2, -0.15) is 0 Å². The fourth-order valence-corrected chi connectivity index (χ4v) is 0.653. The average molecular weight is 149 g/mol. The van der Waals surface area contributed by atoms with Crippen molar-refractivity contribution >= 4 is 0 Å². The first-order chi connectivity index (χ1) is 4.59. The third-order valence-corrected chi connectivity index (χ3v) is 1.36. The molecule has 0 rings (SSSR count). The molecule has 4 heteroatoms. The van der Waals surface area contributed by atoms with Gasteiger partial charge in [0.05, 0.1) is 12.2 Å². The Labute approximate surface area is 60.3 Å². The summed E-state index contributed by atoms with van der Waals surface area (Å²) in [7, 11) is 0. The Kier molecular flexibility index (Phi) is 4.55. The molecule has 0 saturated carbocycles. The molecule has 5 N–H and O–H groups in total. The van der Waals surface area contributed by atoms with Crippen LogP contribution in [0, 0.1) is 0 Å². The van der Waals surface area contributed by atoms with Gasteiger partial charge in [-0.25, -0.2) is 0 Å². The van der Waals surface area contributed by atoms with Gasteiger partial charge in [-0.15, -0.1) is 0 Å². The predicted octanol–water partition coefficient (Wildman–Crippen LogP) is -1.56. The lowest BCUT2D eigenvalue weighted by atomic mass is 10.1. The van der Waals surface area contributed by atoms with Crippen molar-refractivity contribution in [1.82, 2.24) is 0 Å². The van der Waals surface area contributed by atoms with Crippen LogP contribution < -0.4 is 5.73 Å². The van der Waals surface area contributed by atoms with Crippen molar-refractivity contribution < 1.29 is 15.3 Å². The SMILES string of the molecule is C[C@@H](N)C(O)[C@H](O)CCO. The van der Waals surface area contributed by atoms with Gasteiger partial charge in [0.1, 0.15) is 0 Å². The molecule has 3 atom stereocenters. The van der Waals surface area contributed by atoms with E-state index in [1.165, 1.54) is 0 Å². The maximum absolute atomic E-state index is 9.04. The molecule has 0 bridgehead atoms. The second-order valence-corrected chi connectivity index (χ2v) is 2.43. The minimum Gasteiger partial charge on any atom is -0.396 e. The summed E-state index contributed by atoms with van der Waals surface area (Å²) in [6, 6.07) is -0.457. The van der Waals surface area contributed by atoms with Gasteiger partial charge in [-0.1, -0.05) is 0 Å². The van der Waals surface area contributed by atoms with Crippen LogP contribution in [0.3, 0.4) is 0 Å². The van der Waals surface area contributed by atoms with E-state index >= 15 is 0 Å². The molecule has 0 aromatic rings. The van der Waals surface area contributed by atoms with Crippen LogP contribution in [0.1, 0.15) is 13.3 Å². The Balaban J connectivity index is 3.58. The standard InChI is InChI=1S/C6H15NO3/c1-4(7)6(10)5(9)2-3-8/h4-6,8-10H,2-3,7H2,1H3/t4-,5-,6?/m1/s1. The van der Waals surface area contributed by atoms with Gasteiger partial charge in [0, 0.05) is 12.6 Å². The number of rotatable bonds is 4. The van der Waals surface area contributed by atoms with Crippen molar-refractivity contribution in [2.24, 2.45) is 5.73 Å². The van der Waals surface area contributed by atoms with E-state index in [0.29, 0.717) is 0 Å². The summed E-state index contributed by atoms with van der Waals surface area (Å²) >= 11 is 0. The minimum absolute atomic E-state index is 0.134. The first kappa shape index (κ1) is 9.84. The summed E-state index contributed by atoms with van der Waals surface area (Å²) in [6.45, 7) is 1.47. The molecular weight excluding hydrogens is 134 g/mol. The Bertz CT molecular complexity index is 87.1. The zero-order valence-electron chi connectivity index (χ0n) is 6.07. The maximum Gasteiger partial charge on any atom is 0.0947 e. The summed E-state index contributed by atoms with van der Waals surface area (Å²) < 4.78 is 0. The van der Waals surface area contributed by atoms with Gasteiger partial charge in [-0.05, 0) is 13.3 Å². The number of hydrogen-bond acceptors (Lipinski definition) is 4. The average Bonchev–Trinajstić information content (AvgIpc) is 1.87. The number of aliphatic hydroxyl groups excluding tert-OH is 3. The second kappa shape index (κ2) is 4.62. The lowest BCUT2D eigenvalue weighted by Crippen LogP contribution is -2.41. The summed E-state index contributed by atoms with van der Waals surface area (Å²) in [5.41, 5.74) is 5.28. The normalized spacial score (nSPS) is 20.1. The largest absolute Gasteiger partial charge is 0.396 e. The molecule has 0 saturated heterocycles. The second-order valence-electron chi connectivity index (χ2n) is 2.43. The third-order valence-electron chi connectivity index (χ3n) is 1.36. The van der Waals surface area contributed by atoms with Crippen LogP contribution in [0.4, 0.5) is 0 Å². The highest BCUT2D eigenvalue weighted by Gasteiger charge is 2.18. The van der Waals surface area contributed by atoms with E-state index in [0.717, 1.165) is 0 Å². The highest BCUT2D eigenvalue weighted by atomic mass is 16.3. The molecule has 62 valence electrons. The van der Waals surface area contributed by atoms with Crippen molar-refractivity contribution in [2.75, 3.05) is 6.61 Å². The van der Waals surface area contributed by atoms with Crippen LogP contribution in [0.25, 0.3) is 0 Å². The lowest BCUT2D eigenvalue weighted by molar-refractivity contribution is -0.00512. The predicted molar refractivity (Wildman–Crippen MR) is 37.4 cm³/mol. The zero-order valence-corrected chi connectivity index (χ0v) is 6.07. The smallest absolute Gasteiger partial charge is 0.0947 e. The van der Waals surface area contributed by atoms with Gasteiger partial charge < -0.3 is 21.1 Å². The van der Waals surface area contributed by atoms with Gasteiger partial charge >= 0.3 is 0 Å². The first-order valence-corrected chi connectivity index (χ1v) is 3.32. The van der Waals surface area contributed by atoms with Crippen molar-refractivity contribution in [3.8, 4) is 0 Å². The monoisotopic (exact) mass is 149 g/mol. The molecule has 0 radical (unpaired) electrons. The molecule has 0 aromatic carbocycles. The topological polar surface area (TPSA) is 86.7 Å². The van der Waals surface area contributed by atoms with Crippen LogP contribution in [0.15, 0.2) is 0 Å². The molecule has 0 spiro atoms. The minimum atomic E-state index is -0.938. The summed E-state index contributed by atoms with van der Waals surface area (Å²) in [6.07, 6.45) is -1.68. The molecule has 4 nitrogen and oxygen atoms in total. The number of hydrogen-bond donors (Lipinski definition) is 4. The lowest BCUT2D eigenvalue weighted by Gasteiger charge is -2.19. The van der Waals surface area contributed by atoms with Crippen molar-refractivity contribution in [3.05, 3.63) is 0 Å². The van der Waals surface area contributed by atoms with Gasteiger partial charge in [-0.3, -0.25) is 0 Å². The van der Waals surface area contributed by atoms with E-state index in [-0.39, 0.29) is 13.0 Å². The molecule has 0 heterocycles. The molecule has 1 unspecified atom stereocenters. The van der Waals surface area contributed by atoms with Gasteiger partial charge in [0.15, 0.2) is 0 Å². The Morgan fingerprint density at radius 1 is 1.40 bits per heavy atom. The van der Waals surface area contributed by atoms with E-state index in [1.807, 2.05) is 0 Å². The van der Waals surface area contributed by atoms with Gasteiger partial charge in [0.2, 0.25) is 0 Å². The van der Waals surface area contributed by atoms with E-state index < -0.39 is 18.2 Å². The van der Waals surface area contributed by atoms with E-state index in [2.05, 4.69) is 0 Å². The molecule has 0 amide bonds. The summed E-state index contributed by atoms with van der Waals surface area (Å²) in [5, 5.41) is 26.4. The first-order valence-electron chi connectivity index (χ1n) is 3.32. The van der Waals surface area contributed by atoms with E-state index in [4.69, 9.17) is 21.1 Å². The number of aliphatic hydroxyl groups is 3. The fourth-order valence-electron chi connectivity index (χ4n) is 0.653. The van der Waals surface area contributed by atoms with Crippen LogP contribution >= 0.6 is 0 Å². The van der Waals surface area contributed by atoms with Crippen molar-refractivity contribution in [1.29, 1.82) is 0 Å². The van der Waals surface area contributed by atoms with Crippen LogP contribution in [0.2, 0.25) is 0 Å². The highest BCUT2D eigenvalue weighted by Crippen LogP contribution is 2.00. The molecule has 0 aromatic heterocycles. The molecule has 10 heavy (non-hydrogen) atoms. The molecule has 0 fully saturated rings. The summed E-state index contributed by atoms with van der Waals surface area (Å²) in [5.74, 6) is 0. The Morgan fingerprint density at radius 3 is 2.20 bits per heavy atom. The molecule has 0 aliphatic heterocycles. The number of nitrogens with two attached hydrogens (primary N) is 1. The van der Waals surface area contributed by atoms with Crippen LogP contribution in [-0.2, 0) is 0 Å². The quantitative estimate of drug-likeness (QED) is 0.389. The highest BCUT2D eigenvalue weighted by molar-refractivity contribution is 4.74. The van der Waals surface area contributed by atoms with Crippen LogP contribution in [0.5, 0.6) is 0 Å². The molecule has 0 aliphatic carbocycles. The zero-order chi connectivity index (χ0) is 8.15. The Hall–Kier alpha value is -0.160. The summed E-state index contributed by atoms with van der Waals surface area (Å²) in [4.78, 5) is 0. The molecular formula is C6H15NO3. The van der Waals surface area contributed by atoms with E-state index in [1.54, 1.807) is 6.92 Å². The van der Waals surface area contributed by atoms with Crippen molar-refractivity contribution in [2.45, 2.75) is 31.6 Å². The Morgan fingerprint density at radius 2 is 1.90 bits per heavy atom. The fraction of sp³-hybridized carbons (Fsp3) is 1.00. The van der Waals surface area contributed by atoms with E-state index in [9.17, 15) is 0 Å². The molecule has 0 aliphatic rings. The van der Waals surface area contributed by atoms with Gasteiger partial charge in [0.25, 0.3) is 0 Å².